The molecule has 0 aromatic carbocycles. The SMILES string of the molecule is CC(C)CC(NC(=O)C(C)N)C(=O)N(C)C. The van der Waals surface area contributed by atoms with Crippen LogP contribution in [0.5, 0.6) is 0 Å². The van der Waals surface area contributed by atoms with Crippen molar-refractivity contribution >= 4 is 11.8 Å². The molecular formula is C11H23N3O2. The fourth-order valence-electron chi connectivity index (χ4n) is 1.31. The van der Waals surface area contributed by atoms with Crippen molar-refractivity contribution in [3.05, 3.63) is 0 Å². The zero-order valence-corrected chi connectivity index (χ0v) is 10.8. The van der Waals surface area contributed by atoms with Crippen molar-refractivity contribution in [2.24, 2.45) is 11.7 Å². The molecule has 5 heteroatoms. The summed E-state index contributed by atoms with van der Waals surface area (Å²) in [5.41, 5.74) is 5.45. The summed E-state index contributed by atoms with van der Waals surface area (Å²) >= 11 is 0. The second-order valence-corrected chi connectivity index (χ2v) is 4.71. The third kappa shape index (κ3) is 5.11. The highest BCUT2D eigenvalue weighted by Crippen LogP contribution is 2.07. The lowest BCUT2D eigenvalue weighted by Gasteiger charge is -2.23. The lowest BCUT2D eigenvalue weighted by atomic mass is 10.0. The second kappa shape index (κ2) is 6.48. The van der Waals surface area contributed by atoms with E-state index in [1.165, 1.54) is 4.90 Å². The van der Waals surface area contributed by atoms with Crippen LogP contribution in [0.2, 0.25) is 0 Å². The minimum atomic E-state index is -0.593. The van der Waals surface area contributed by atoms with Crippen LogP contribution < -0.4 is 11.1 Å². The molecule has 0 aromatic heterocycles. The Morgan fingerprint density at radius 3 is 2.06 bits per heavy atom. The maximum Gasteiger partial charge on any atom is 0.244 e. The van der Waals surface area contributed by atoms with Crippen LogP contribution in [0.15, 0.2) is 0 Å². The molecule has 5 nitrogen and oxygen atoms in total. The molecule has 0 saturated carbocycles. The smallest absolute Gasteiger partial charge is 0.244 e. The first kappa shape index (κ1) is 14.9. The van der Waals surface area contributed by atoms with Crippen LogP contribution >= 0.6 is 0 Å². The molecule has 94 valence electrons. The monoisotopic (exact) mass is 229 g/mol. The lowest BCUT2D eigenvalue weighted by molar-refractivity contribution is -0.135. The first-order chi connectivity index (χ1) is 7.25. The average Bonchev–Trinajstić information content (AvgIpc) is 2.14. The van der Waals surface area contributed by atoms with Crippen LogP contribution in [0, 0.1) is 5.92 Å². The van der Waals surface area contributed by atoms with Gasteiger partial charge < -0.3 is 16.0 Å². The molecule has 0 aliphatic rings. The summed E-state index contributed by atoms with van der Waals surface area (Å²) in [4.78, 5) is 24.7. The van der Waals surface area contributed by atoms with Crippen LogP contribution in [0.1, 0.15) is 27.2 Å². The molecular weight excluding hydrogens is 206 g/mol. The van der Waals surface area contributed by atoms with Gasteiger partial charge in [0.15, 0.2) is 0 Å². The van der Waals surface area contributed by atoms with Crippen molar-refractivity contribution in [3.63, 3.8) is 0 Å². The maximum atomic E-state index is 11.8. The summed E-state index contributed by atoms with van der Waals surface area (Å²) < 4.78 is 0. The molecule has 0 spiro atoms. The number of nitrogens with zero attached hydrogens (tertiary/aromatic N) is 1. The Morgan fingerprint density at radius 1 is 1.25 bits per heavy atom. The van der Waals surface area contributed by atoms with Gasteiger partial charge in [-0.2, -0.15) is 0 Å². The highest BCUT2D eigenvalue weighted by Gasteiger charge is 2.24. The van der Waals surface area contributed by atoms with Gasteiger partial charge in [0.2, 0.25) is 11.8 Å². The summed E-state index contributed by atoms with van der Waals surface area (Å²) in [7, 11) is 3.35. The van der Waals surface area contributed by atoms with E-state index in [1.807, 2.05) is 13.8 Å². The number of nitrogens with one attached hydrogen (secondary N) is 1. The van der Waals surface area contributed by atoms with Gasteiger partial charge in [-0.05, 0) is 19.3 Å². The van der Waals surface area contributed by atoms with Gasteiger partial charge in [0.1, 0.15) is 6.04 Å². The van der Waals surface area contributed by atoms with Crippen molar-refractivity contribution in [1.29, 1.82) is 0 Å². The Bertz CT molecular complexity index is 250. The zero-order valence-electron chi connectivity index (χ0n) is 10.8. The minimum absolute atomic E-state index is 0.0947. The summed E-state index contributed by atoms with van der Waals surface area (Å²) in [6, 6.07) is -1.07. The number of rotatable bonds is 5. The van der Waals surface area contributed by atoms with E-state index in [4.69, 9.17) is 5.73 Å². The molecule has 16 heavy (non-hydrogen) atoms. The van der Waals surface area contributed by atoms with E-state index < -0.39 is 12.1 Å². The van der Waals surface area contributed by atoms with Crippen LogP contribution in [0.4, 0.5) is 0 Å². The van der Waals surface area contributed by atoms with Gasteiger partial charge in [-0.25, -0.2) is 0 Å². The van der Waals surface area contributed by atoms with E-state index in [-0.39, 0.29) is 11.8 Å². The van der Waals surface area contributed by atoms with E-state index in [2.05, 4.69) is 5.32 Å². The minimum Gasteiger partial charge on any atom is -0.347 e. The summed E-state index contributed by atoms with van der Waals surface area (Å²) in [5.74, 6) is -0.0502. The fraction of sp³-hybridized carbons (Fsp3) is 0.818. The number of hydrogen-bond donors (Lipinski definition) is 2. The molecule has 2 amide bonds. The van der Waals surface area contributed by atoms with Gasteiger partial charge >= 0.3 is 0 Å². The van der Waals surface area contributed by atoms with E-state index in [0.29, 0.717) is 12.3 Å². The Kier molecular flexibility index (Phi) is 6.03. The molecule has 0 heterocycles. The number of amides is 2. The third-order valence-corrected chi connectivity index (χ3v) is 2.18. The van der Waals surface area contributed by atoms with Crippen LogP contribution in [0.25, 0.3) is 0 Å². The number of carbonyl (C=O) groups excluding carboxylic acids is 2. The molecule has 0 saturated heterocycles. The maximum absolute atomic E-state index is 11.8. The molecule has 2 atom stereocenters. The van der Waals surface area contributed by atoms with Gasteiger partial charge in [0, 0.05) is 14.1 Å². The topological polar surface area (TPSA) is 75.4 Å². The van der Waals surface area contributed by atoms with Crippen molar-refractivity contribution < 1.29 is 9.59 Å². The number of carbonyl (C=O) groups is 2. The normalized spacial score (nSPS) is 14.4. The van der Waals surface area contributed by atoms with Crippen molar-refractivity contribution in [1.82, 2.24) is 10.2 Å². The Hall–Kier alpha value is -1.10. The number of likely N-dealkylation sites (N-methyl/N-ethyl adjacent to an activating group) is 1. The van der Waals surface area contributed by atoms with Crippen LogP contribution in [0.3, 0.4) is 0 Å². The third-order valence-electron chi connectivity index (χ3n) is 2.18. The van der Waals surface area contributed by atoms with Gasteiger partial charge in [0.05, 0.1) is 6.04 Å². The molecule has 0 aliphatic heterocycles. The Labute approximate surface area is 97.4 Å². The molecule has 0 aliphatic carbocycles. The largest absolute Gasteiger partial charge is 0.347 e. The van der Waals surface area contributed by atoms with Crippen molar-refractivity contribution in [2.45, 2.75) is 39.3 Å². The van der Waals surface area contributed by atoms with Crippen LogP contribution in [-0.4, -0.2) is 42.9 Å². The summed E-state index contributed by atoms with van der Waals surface area (Å²) in [6.07, 6.45) is 0.621. The summed E-state index contributed by atoms with van der Waals surface area (Å²) in [6.45, 7) is 5.61. The Balaban J connectivity index is 4.55. The van der Waals surface area contributed by atoms with Gasteiger partial charge in [-0.1, -0.05) is 13.8 Å². The summed E-state index contributed by atoms with van der Waals surface area (Å²) in [5, 5.41) is 2.67. The van der Waals surface area contributed by atoms with E-state index in [9.17, 15) is 9.59 Å². The standard InChI is InChI=1S/C11H23N3O2/c1-7(2)6-9(11(16)14(4)5)13-10(15)8(3)12/h7-9H,6,12H2,1-5H3,(H,13,15). The van der Waals surface area contributed by atoms with Gasteiger partial charge in [-0.15, -0.1) is 0 Å². The number of hydrogen-bond acceptors (Lipinski definition) is 3. The zero-order chi connectivity index (χ0) is 12.9. The van der Waals surface area contributed by atoms with E-state index >= 15 is 0 Å². The molecule has 0 fully saturated rings. The first-order valence-electron chi connectivity index (χ1n) is 5.52. The second-order valence-electron chi connectivity index (χ2n) is 4.71. The predicted octanol–water partition coefficient (Wildman–Crippen LogP) is -0.0473. The molecule has 3 N–H and O–H groups in total. The number of nitrogens with two attached hydrogens (primary N) is 1. The van der Waals surface area contributed by atoms with E-state index in [1.54, 1.807) is 21.0 Å². The molecule has 0 bridgehead atoms. The molecule has 0 radical (unpaired) electrons. The fourth-order valence-corrected chi connectivity index (χ4v) is 1.31. The highest BCUT2D eigenvalue weighted by molar-refractivity contribution is 5.89. The van der Waals surface area contributed by atoms with Gasteiger partial charge in [0.25, 0.3) is 0 Å². The van der Waals surface area contributed by atoms with Crippen molar-refractivity contribution in [3.8, 4) is 0 Å². The highest BCUT2D eigenvalue weighted by atomic mass is 16.2. The predicted molar refractivity (Wildman–Crippen MR) is 63.7 cm³/mol. The first-order valence-corrected chi connectivity index (χ1v) is 5.52. The van der Waals surface area contributed by atoms with Gasteiger partial charge in [-0.3, -0.25) is 9.59 Å². The average molecular weight is 229 g/mol. The Morgan fingerprint density at radius 2 is 1.75 bits per heavy atom. The molecule has 2 unspecified atom stereocenters. The quantitative estimate of drug-likeness (QED) is 0.694. The molecule has 0 aromatic rings. The lowest BCUT2D eigenvalue weighted by Crippen LogP contribution is -2.51. The van der Waals surface area contributed by atoms with Crippen LogP contribution in [-0.2, 0) is 9.59 Å². The van der Waals surface area contributed by atoms with Crippen molar-refractivity contribution in [2.75, 3.05) is 14.1 Å². The van der Waals surface area contributed by atoms with E-state index in [0.717, 1.165) is 0 Å². The molecule has 0 rings (SSSR count).